The van der Waals surface area contributed by atoms with E-state index in [1.165, 1.54) is 10.5 Å². The molecule has 29 heavy (non-hydrogen) atoms. The number of benzene rings is 2. The largest absolute Gasteiger partial charge is 0.414 e. The van der Waals surface area contributed by atoms with E-state index in [0.717, 1.165) is 24.1 Å². The van der Waals surface area contributed by atoms with Crippen molar-refractivity contribution in [3.63, 3.8) is 0 Å². The second-order valence-corrected chi connectivity index (χ2v) is 8.48. The number of carbonyl (C=O) groups is 1. The fraction of sp³-hybridized carbons (Fsp3) is 0.480. The van der Waals surface area contributed by atoms with Gasteiger partial charge >= 0.3 is 6.09 Å². The van der Waals surface area contributed by atoms with E-state index >= 15 is 0 Å². The lowest BCUT2D eigenvalue weighted by atomic mass is 9.86. The molecule has 0 aliphatic heterocycles. The fourth-order valence-corrected chi connectivity index (χ4v) is 3.80. The van der Waals surface area contributed by atoms with Crippen LogP contribution in [0.25, 0.3) is 0 Å². The Bertz CT molecular complexity index is 777. The third-order valence-corrected chi connectivity index (χ3v) is 5.31. The van der Waals surface area contributed by atoms with Crippen molar-refractivity contribution in [2.24, 2.45) is 0 Å². The molecule has 2 aromatic carbocycles. The summed E-state index contributed by atoms with van der Waals surface area (Å²) in [6, 6.07) is 17.6. The zero-order chi connectivity index (χ0) is 21.6. The average molecular weight is 397 g/mol. The molecule has 0 spiro atoms. The number of hydrogen-bond acceptors (Lipinski definition) is 3. The standard InChI is InChI=1S/C25H36N2O2/c1-18(2)27(19(3)4)16-15-22(21-11-9-8-10-12-21)23-17-20(5)13-14-24(23)29-25(28)26(6)7/h8-14,17-19,22H,15-16H2,1-7H3. The molecule has 0 heterocycles. The number of aryl methyl sites for hydroxylation is 1. The van der Waals surface area contributed by atoms with Gasteiger partial charge in [0.1, 0.15) is 5.75 Å². The zero-order valence-electron chi connectivity index (χ0n) is 19.0. The Kier molecular flexibility index (Phi) is 8.27. The van der Waals surface area contributed by atoms with E-state index in [0.29, 0.717) is 17.8 Å². The van der Waals surface area contributed by atoms with Gasteiger partial charge in [-0.2, -0.15) is 0 Å². The Hall–Kier alpha value is -2.33. The predicted molar refractivity (Wildman–Crippen MR) is 121 cm³/mol. The summed E-state index contributed by atoms with van der Waals surface area (Å²) in [7, 11) is 3.40. The van der Waals surface area contributed by atoms with Gasteiger partial charge in [0, 0.05) is 37.7 Å². The molecular weight excluding hydrogens is 360 g/mol. The lowest BCUT2D eigenvalue weighted by Crippen LogP contribution is -2.38. The molecule has 1 unspecified atom stereocenters. The van der Waals surface area contributed by atoms with E-state index in [9.17, 15) is 4.79 Å². The minimum Gasteiger partial charge on any atom is -0.410 e. The molecule has 0 saturated heterocycles. The molecule has 4 heteroatoms. The van der Waals surface area contributed by atoms with Gasteiger partial charge in [0.2, 0.25) is 0 Å². The molecule has 0 bridgehead atoms. The summed E-state index contributed by atoms with van der Waals surface area (Å²) in [5.74, 6) is 0.796. The van der Waals surface area contributed by atoms with Gasteiger partial charge in [-0.15, -0.1) is 0 Å². The molecule has 0 fully saturated rings. The number of carbonyl (C=O) groups excluding carboxylic acids is 1. The highest BCUT2D eigenvalue weighted by Gasteiger charge is 2.23. The Morgan fingerprint density at radius 3 is 2.14 bits per heavy atom. The maximum absolute atomic E-state index is 12.2. The SMILES string of the molecule is Cc1ccc(OC(=O)N(C)C)c(C(CCN(C(C)C)C(C)C)c2ccccc2)c1. The van der Waals surface area contributed by atoms with Gasteiger partial charge in [0.05, 0.1) is 0 Å². The van der Waals surface area contributed by atoms with Crippen molar-refractivity contribution >= 4 is 6.09 Å². The molecular formula is C25H36N2O2. The van der Waals surface area contributed by atoms with Crippen LogP contribution in [0.5, 0.6) is 5.75 Å². The van der Waals surface area contributed by atoms with Crippen LogP contribution in [0.3, 0.4) is 0 Å². The van der Waals surface area contributed by atoms with Crippen LogP contribution in [0.1, 0.15) is 56.7 Å². The van der Waals surface area contributed by atoms with Crippen molar-refractivity contribution in [1.29, 1.82) is 0 Å². The summed E-state index contributed by atoms with van der Waals surface area (Å²) < 4.78 is 5.74. The number of rotatable bonds is 8. The van der Waals surface area contributed by atoms with Crippen LogP contribution in [0.15, 0.2) is 48.5 Å². The van der Waals surface area contributed by atoms with E-state index in [-0.39, 0.29) is 12.0 Å². The van der Waals surface area contributed by atoms with Gasteiger partial charge in [-0.25, -0.2) is 4.79 Å². The first-order chi connectivity index (χ1) is 13.7. The molecule has 158 valence electrons. The molecule has 1 amide bonds. The molecule has 0 radical (unpaired) electrons. The summed E-state index contributed by atoms with van der Waals surface area (Å²) in [5, 5.41) is 0. The number of amides is 1. The minimum atomic E-state index is -0.354. The Morgan fingerprint density at radius 2 is 1.59 bits per heavy atom. The first kappa shape index (κ1) is 23.0. The second kappa shape index (κ2) is 10.4. The average Bonchev–Trinajstić information content (AvgIpc) is 2.66. The zero-order valence-corrected chi connectivity index (χ0v) is 19.0. The van der Waals surface area contributed by atoms with Gasteiger partial charge in [0.25, 0.3) is 0 Å². The Balaban J connectivity index is 2.44. The molecule has 0 aliphatic carbocycles. The lowest BCUT2D eigenvalue weighted by Gasteiger charge is -2.32. The van der Waals surface area contributed by atoms with Crippen molar-refractivity contribution in [3.05, 3.63) is 65.2 Å². The van der Waals surface area contributed by atoms with Gasteiger partial charge in [-0.05, 0) is 59.2 Å². The number of hydrogen-bond donors (Lipinski definition) is 0. The van der Waals surface area contributed by atoms with Gasteiger partial charge in [0.15, 0.2) is 0 Å². The van der Waals surface area contributed by atoms with Crippen LogP contribution >= 0.6 is 0 Å². The van der Waals surface area contributed by atoms with Crippen molar-refractivity contribution in [2.75, 3.05) is 20.6 Å². The molecule has 2 rings (SSSR count). The van der Waals surface area contributed by atoms with Crippen LogP contribution in [-0.4, -0.2) is 48.6 Å². The molecule has 0 saturated carbocycles. The molecule has 0 aliphatic rings. The van der Waals surface area contributed by atoms with Crippen molar-refractivity contribution in [3.8, 4) is 5.75 Å². The fourth-order valence-electron chi connectivity index (χ4n) is 3.80. The van der Waals surface area contributed by atoms with Crippen LogP contribution in [0.4, 0.5) is 4.79 Å². The summed E-state index contributed by atoms with van der Waals surface area (Å²) in [6.07, 6.45) is 0.601. The summed E-state index contributed by atoms with van der Waals surface area (Å²) in [4.78, 5) is 16.2. The topological polar surface area (TPSA) is 32.8 Å². The van der Waals surface area contributed by atoms with Crippen LogP contribution in [-0.2, 0) is 0 Å². The lowest BCUT2D eigenvalue weighted by molar-refractivity contribution is 0.168. The van der Waals surface area contributed by atoms with Crippen LogP contribution < -0.4 is 4.74 Å². The van der Waals surface area contributed by atoms with E-state index in [1.54, 1.807) is 14.1 Å². The smallest absolute Gasteiger partial charge is 0.410 e. The molecule has 4 nitrogen and oxygen atoms in total. The maximum Gasteiger partial charge on any atom is 0.414 e. The number of nitrogens with zero attached hydrogens (tertiary/aromatic N) is 2. The van der Waals surface area contributed by atoms with Crippen LogP contribution in [0.2, 0.25) is 0 Å². The first-order valence-electron chi connectivity index (χ1n) is 10.5. The maximum atomic E-state index is 12.2. The van der Waals surface area contributed by atoms with Crippen molar-refractivity contribution < 1.29 is 9.53 Å². The van der Waals surface area contributed by atoms with Crippen LogP contribution in [0, 0.1) is 6.92 Å². The third kappa shape index (κ3) is 6.33. The third-order valence-electron chi connectivity index (χ3n) is 5.31. The highest BCUT2D eigenvalue weighted by Crippen LogP contribution is 2.36. The highest BCUT2D eigenvalue weighted by atomic mass is 16.6. The van der Waals surface area contributed by atoms with E-state index in [1.807, 2.05) is 18.2 Å². The summed E-state index contributed by atoms with van der Waals surface area (Å²) in [6.45, 7) is 12.0. The summed E-state index contributed by atoms with van der Waals surface area (Å²) in [5.41, 5.74) is 3.47. The summed E-state index contributed by atoms with van der Waals surface area (Å²) >= 11 is 0. The van der Waals surface area contributed by atoms with E-state index in [2.05, 4.69) is 69.9 Å². The predicted octanol–water partition coefficient (Wildman–Crippen LogP) is 5.70. The minimum absolute atomic E-state index is 0.154. The Labute approximate surface area is 176 Å². The van der Waals surface area contributed by atoms with E-state index < -0.39 is 0 Å². The molecule has 0 aromatic heterocycles. The molecule has 1 atom stereocenters. The number of ether oxygens (including phenoxy) is 1. The monoisotopic (exact) mass is 396 g/mol. The second-order valence-electron chi connectivity index (χ2n) is 8.48. The highest BCUT2D eigenvalue weighted by molar-refractivity contribution is 5.70. The van der Waals surface area contributed by atoms with Gasteiger partial charge in [-0.3, -0.25) is 4.90 Å². The Morgan fingerprint density at radius 1 is 0.966 bits per heavy atom. The molecule has 2 aromatic rings. The van der Waals surface area contributed by atoms with Gasteiger partial charge < -0.3 is 9.64 Å². The van der Waals surface area contributed by atoms with Crippen molar-refractivity contribution in [2.45, 2.75) is 59.0 Å². The first-order valence-corrected chi connectivity index (χ1v) is 10.5. The molecule has 0 N–H and O–H groups in total. The normalized spacial score (nSPS) is 12.5. The van der Waals surface area contributed by atoms with Crippen molar-refractivity contribution in [1.82, 2.24) is 9.80 Å². The van der Waals surface area contributed by atoms with E-state index in [4.69, 9.17) is 4.74 Å². The quantitative estimate of drug-likeness (QED) is 0.574. The van der Waals surface area contributed by atoms with Gasteiger partial charge in [-0.1, -0.05) is 48.0 Å².